The Morgan fingerprint density at radius 3 is 2.38 bits per heavy atom. The maximum Gasteiger partial charge on any atom is 0.271 e. The Hall–Kier alpha value is -3.19. The molecule has 4 rings (SSSR count). The molecule has 1 aromatic heterocycles. The zero-order valence-corrected chi connectivity index (χ0v) is 14.2. The minimum atomic E-state index is -0.616. The zero-order chi connectivity index (χ0) is 17.9. The van der Waals surface area contributed by atoms with E-state index >= 15 is 0 Å². The molecule has 0 saturated carbocycles. The summed E-state index contributed by atoms with van der Waals surface area (Å²) in [6, 6.07) is 15.3. The molecule has 0 unspecified atom stereocenters. The fourth-order valence-electron chi connectivity index (χ4n) is 3.05. The molecular formula is C19H19N5O2. The van der Waals surface area contributed by atoms with Crippen molar-refractivity contribution in [2.45, 2.75) is 0 Å². The first-order valence-corrected chi connectivity index (χ1v) is 8.48. The van der Waals surface area contributed by atoms with Gasteiger partial charge in [-0.15, -0.1) is 0 Å². The summed E-state index contributed by atoms with van der Waals surface area (Å²) >= 11 is 0. The number of aromatic nitrogens is 2. The monoisotopic (exact) mass is 349 g/mol. The lowest BCUT2D eigenvalue weighted by molar-refractivity contribution is 0.0996. The van der Waals surface area contributed by atoms with Crippen molar-refractivity contribution in [1.82, 2.24) is 9.97 Å². The second-order valence-electron chi connectivity index (χ2n) is 6.02. The number of nitrogens with one attached hydrogen (secondary N) is 1. The molecule has 0 atom stereocenters. The highest BCUT2D eigenvalue weighted by Crippen LogP contribution is 2.30. The van der Waals surface area contributed by atoms with E-state index in [1.54, 1.807) is 6.07 Å². The van der Waals surface area contributed by atoms with Crippen molar-refractivity contribution in [3.05, 3.63) is 54.2 Å². The van der Waals surface area contributed by atoms with E-state index in [4.69, 9.17) is 10.5 Å². The van der Waals surface area contributed by atoms with Crippen molar-refractivity contribution in [3.63, 3.8) is 0 Å². The first-order chi connectivity index (χ1) is 12.7. The summed E-state index contributed by atoms with van der Waals surface area (Å²) in [7, 11) is 0. The zero-order valence-electron chi connectivity index (χ0n) is 14.2. The van der Waals surface area contributed by atoms with E-state index in [9.17, 15) is 4.79 Å². The highest BCUT2D eigenvalue weighted by Gasteiger charge is 2.18. The molecule has 2 aromatic carbocycles. The number of hydrogen-bond donors (Lipinski definition) is 2. The van der Waals surface area contributed by atoms with Crippen LogP contribution in [0.4, 0.5) is 17.2 Å². The Balaban J connectivity index is 1.75. The number of fused-ring (bicyclic) bond motifs is 1. The van der Waals surface area contributed by atoms with Crippen molar-refractivity contribution in [1.29, 1.82) is 0 Å². The second kappa shape index (κ2) is 6.97. The Morgan fingerprint density at radius 2 is 1.65 bits per heavy atom. The SMILES string of the molecule is NC(=O)c1nc2ccccc2nc1Nc1ccccc1N1CCOCC1. The topological polar surface area (TPSA) is 93.4 Å². The van der Waals surface area contributed by atoms with Crippen LogP contribution in [0.3, 0.4) is 0 Å². The molecule has 0 aliphatic carbocycles. The summed E-state index contributed by atoms with van der Waals surface area (Å²) in [5.41, 5.74) is 8.87. The molecule has 1 saturated heterocycles. The van der Waals surface area contributed by atoms with E-state index in [2.05, 4.69) is 20.2 Å². The average Bonchev–Trinajstić information content (AvgIpc) is 2.68. The number of carbonyl (C=O) groups excluding carboxylic acids is 1. The number of hydrogen-bond acceptors (Lipinski definition) is 6. The van der Waals surface area contributed by atoms with Crippen molar-refractivity contribution in [3.8, 4) is 0 Å². The van der Waals surface area contributed by atoms with Gasteiger partial charge in [-0.1, -0.05) is 24.3 Å². The van der Waals surface area contributed by atoms with Gasteiger partial charge in [-0.05, 0) is 24.3 Å². The maximum atomic E-state index is 11.9. The largest absolute Gasteiger partial charge is 0.378 e. The highest BCUT2D eigenvalue weighted by atomic mass is 16.5. The van der Waals surface area contributed by atoms with E-state index in [0.717, 1.165) is 24.5 Å². The van der Waals surface area contributed by atoms with Crippen molar-refractivity contribution in [2.75, 3.05) is 36.5 Å². The van der Waals surface area contributed by atoms with E-state index in [1.165, 1.54) is 0 Å². The number of nitrogens with zero attached hydrogens (tertiary/aromatic N) is 3. The Labute approximate surface area is 150 Å². The molecule has 0 radical (unpaired) electrons. The van der Waals surface area contributed by atoms with Crippen LogP contribution in [0.25, 0.3) is 11.0 Å². The number of nitrogens with two attached hydrogens (primary N) is 1. The van der Waals surface area contributed by atoms with Gasteiger partial charge in [0.25, 0.3) is 5.91 Å². The minimum Gasteiger partial charge on any atom is -0.378 e. The van der Waals surface area contributed by atoms with Crippen LogP contribution < -0.4 is 16.0 Å². The van der Waals surface area contributed by atoms with Gasteiger partial charge in [0.1, 0.15) is 0 Å². The number of amides is 1. The normalized spacial score (nSPS) is 14.4. The molecule has 1 fully saturated rings. The number of rotatable bonds is 4. The second-order valence-corrected chi connectivity index (χ2v) is 6.02. The maximum absolute atomic E-state index is 11.9. The molecule has 1 amide bonds. The molecule has 132 valence electrons. The van der Waals surface area contributed by atoms with Gasteiger partial charge in [-0.2, -0.15) is 0 Å². The lowest BCUT2D eigenvalue weighted by Crippen LogP contribution is -2.36. The number of ether oxygens (including phenoxy) is 1. The third-order valence-corrected chi connectivity index (χ3v) is 4.31. The molecule has 1 aliphatic heterocycles. The Kier molecular flexibility index (Phi) is 4.37. The summed E-state index contributed by atoms with van der Waals surface area (Å²) in [4.78, 5) is 23.1. The van der Waals surface area contributed by atoms with Gasteiger partial charge in [0.15, 0.2) is 11.5 Å². The molecular weight excluding hydrogens is 330 g/mol. The van der Waals surface area contributed by atoms with Crippen LogP contribution in [-0.4, -0.2) is 42.2 Å². The Morgan fingerprint density at radius 1 is 1.00 bits per heavy atom. The third-order valence-electron chi connectivity index (χ3n) is 4.31. The molecule has 26 heavy (non-hydrogen) atoms. The highest BCUT2D eigenvalue weighted by molar-refractivity contribution is 5.99. The molecule has 7 heteroatoms. The summed E-state index contributed by atoms with van der Waals surface area (Å²) in [5.74, 6) is -0.258. The van der Waals surface area contributed by atoms with Gasteiger partial charge in [0.2, 0.25) is 0 Å². The number of anilines is 3. The van der Waals surface area contributed by atoms with Gasteiger partial charge in [0, 0.05) is 13.1 Å². The molecule has 7 nitrogen and oxygen atoms in total. The first kappa shape index (κ1) is 16.3. The molecule has 0 bridgehead atoms. The van der Waals surface area contributed by atoms with Gasteiger partial charge in [0.05, 0.1) is 35.6 Å². The van der Waals surface area contributed by atoms with Gasteiger partial charge < -0.3 is 20.7 Å². The Bertz CT molecular complexity index is 954. The third kappa shape index (κ3) is 3.16. The van der Waals surface area contributed by atoms with E-state index in [-0.39, 0.29) is 5.69 Å². The minimum absolute atomic E-state index is 0.125. The lowest BCUT2D eigenvalue weighted by atomic mass is 10.2. The summed E-state index contributed by atoms with van der Waals surface area (Å²) in [5, 5.41) is 3.25. The van der Waals surface area contributed by atoms with Gasteiger partial charge in [-0.3, -0.25) is 4.79 Å². The summed E-state index contributed by atoms with van der Waals surface area (Å²) in [6.07, 6.45) is 0. The lowest BCUT2D eigenvalue weighted by Gasteiger charge is -2.30. The van der Waals surface area contributed by atoms with Crippen LogP contribution in [0, 0.1) is 0 Å². The predicted octanol–water partition coefficient (Wildman–Crippen LogP) is 2.31. The van der Waals surface area contributed by atoms with Crippen LogP contribution in [0.2, 0.25) is 0 Å². The van der Waals surface area contributed by atoms with Crippen molar-refractivity contribution < 1.29 is 9.53 Å². The number of carbonyl (C=O) groups is 1. The molecule has 2 heterocycles. The molecule has 3 N–H and O–H groups in total. The van der Waals surface area contributed by atoms with E-state index in [0.29, 0.717) is 30.1 Å². The van der Waals surface area contributed by atoms with Crippen molar-refractivity contribution in [2.24, 2.45) is 5.73 Å². The van der Waals surface area contributed by atoms with Crippen LogP contribution in [-0.2, 0) is 4.74 Å². The van der Waals surface area contributed by atoms with Gasteiger partial charge in [-0.25, -0.2) is 9.97 Å². The number of morpholine rings is 1. The smallest absolute Gasteiger partial charge is 0.271 e. The molecule has 0 spiro atoms. The van der Waals surface area contributed by atoms with E-state index in [1.807, 2.05) is 42.5 Å². The quantitative estimate of drug-likeness (QED) is 0.751. The van der Waals surface area contributed by atoms with Crippen LogP contribution >= 0.6 is 0 Å². The summed E-state index contributed by atoms with van der Waals surface area (Å²) in [6.45, 7) is 3.00. The van der Waals surface area contributed by atoms with Crippen LogP contribution in [0.1, 0.15) is 10.5 Å². The molecule has 3 aromatic rings. The number of para-hydroxylation sites is 4. The number of benzene rings is 2. The fraction of sp³-hybridized carbons (Fsp3) is 0.211. The summed E-state index contributed by atoms with van der Waals surface area (Å²) < 4.78 is 5.43. The number of primary amides is 1. The van der Waals surface area contributed by atoms with E-state index < -0.39 is 5.91 Å². The average molecular weight is 349 g/mol. The first-order valence-electron chi connectivity index (χ1n) is 8.48. The van der Waals surface area contributed by atoms with Crippen molar-refractivity contribution >= 4 is 34.1 Å². The predicted molar refractivity (Wildman–Crippen MR) is 101 cm³/mol. The van der Waals surface area contributed by atoms with Crippen LogP contribution in [0.15, 0.2) is 48.5 Å². The molecule has 1 aliphatic rings. The van der Waals surface area contributed by atoms with Gasteiger partial charge >= 0.3 is 0 Å². The standard InChI is InChI=1S/C19H19N5O2/c20-18(25)17-19(22-14-6-2-1-5-13(14)21-17)23-15-7-3-4-8-16(15)24-9-11-26-12-10-24/h1-8H,9-12H2,(H2,20,25)(H,22,23). The fourth-order valence-corrected chi connectivity index (χ4v) is 3.05. The van der Waals surface area contributed by atoms with Crippen LogP contribution in [0.5, 0.6) is 0 Å².